The minimum Gasteiger partial charge on any atom is -0.396 e. The maximum absolute atomic E-state index is 9.63. The Morgan fingerprint density at radius 1 is 1.19 bits per heavy atom. The Kier molecular flexibility index (Phi) is 6.24. The second-order valence-corrected chi connectivity index (χ2v) is 6.27. The van der Waals surface area contributed by atoms with Crippen LogP contribution in [0.1, 0.15) is 62.9 Å². The van der Waals surface area contributed by atoms with Crippen LogP contribution in [0.2, 0.25) is 0 Å². The zero-order valence-electron chi connectivity index (χ0n) is 13.9. The zero-order valence-corrected chi connectivity index (χ0v) is 13.9. The number of aryl methyl sites for hydroxylation is 2. The van der Waals surface area contributed by atoms with Gasteiger partial charge in [0.2, 0.25) is 0 Å². The Morgan fingerprint density at radius 2 is 1.95 bits per heavy atom. The molecule has 21 heavy (non-hydrogen) atoms. The smallest absolute Gasteiger partial charge is 0.0669 e. The fourth-order valence-electron chi connectivity index (χ4n) is 3.70. The molecule has 2 N–H and O–H groups in total. The third-order valence-electron chi connectivity index (χ3n) is 4.96. The molecule has 1 aromatic rings. The van der Waals surface area contributed by atoms with Gasteiger partial charge in [-0.1, -0.05) is 33.1 Å². The van der Waals surface area contributed by atoms with E-state index in [9.17, 15) is 5.11 Å². The highest BCUT2D eigenvalue weighted by atomic mass is 16.3. The summed E-state index contributed by atoms with van der Waals surface area (Å²) in [6, 6.07) is 0.451. The van der Waals surface area contributed by atoms with E-state index < -0.39 is 0 Å². The van der Waals surface area contributed by atoms with Crippen molar-refractivity contribution in [1.82, 2.24) is 15.1 Å². The Morgan fingerprint density at radius 3 is 2.62 bits per heavy atom. The lowest BCUT2D eigenvalue weighted by Gasteiger charge is -2.25. The number of hydrogen-bond donors (Lipinski definition) is 2. The third-order valence-corrected chi connectivity index (χ3v) is 4.96. The van der Waals surface area contributed by atoms with Crippen molar-refractivity contribution in [3.05, 3.63) is 17.0 Å². The van der Waals surface area contributed by atoms with Gasteiger partial charge in [-0.3, -0.25) is 4.68 Å². The SMILES string of the molecule is CCc1nn(C)c(CC)c1CN[C@@H]1CCCCC[C@@H]1CO. The molecule has 2 rings (SSSR count). The van der Waals surface area contributed by atoms with Crippen LogP contribution >= 0.6 is 0 Å². The summed E-state index contributed by atoms with van der Waals surface area (Å²) in [6.07, 6.45) is 8.20. The van der Waals surface area contributed by atoms with Crippen molar-refractivity contribution in [2.45, 2.75) is 71.4 Å². The van der Waals surface area contributed by atoms with Crippen LogP contribution in [0.4, 0.5) is 0 Å². The summed E-state index contributed by atoms with van der Waals surface area (Å²) in [7, 11) is 2.05. The van der Waals surface area contributed by atoms with Crippen molar-refractivity contribution < 1.29 is 5.11 Å². The van der Waals surface area contributed by atoms with E-state index in [1.807, 2.05) is 11.7 Å². The molecule has 1 fully saturated rings. The van der Waals surface area contributed by atoms with Gasteiger partial charge in [-0.2, -0.15) is 5.10 Å². The second kappa shape index (κ2) is 7.95. The first-order chi connectivity index (χ1) is 10.2. The van der Waals surface area contributed by atoms with Crippen molar-refractivity contribution in [3.63, 3.8) is 0 Å². The van der Waals surface area contributed by atoms with Gasteiger partial charge in [0.15, 0.2) is 0 Å². The highest BCUT2D eigenvalue weighted by Crippen LogP contribution is 2.24. The van der Waals surface area contributed by atoms with Gasteiger partial charge in [0.05, 0.1) is 5.69 Å². The molecule has 4 heteroatoms. The quantitative estimate of drug-likeness (QED) is 0.793. The number of aliphatic hydroxyl groups excluding tert-OH is 1. The van der Waals surface area contributed by atoms with Gasteiger partial charge >= 0.3 is 0 Å². The summed E-state index contributed by atoms with van der Waals surface area (Å²) in [5, 5.41) is 18.0. The van der Waals surface area contributed by atoms with Crippen LogP contribution in [0.3, 0.4) is 0 Å². The van der Waals surface area contributed by atoms with Gasteiger partial charge in [0.1, 0.15) is 0 Å². The van der Waals surface area contributed by atoms with Crippen LogP contribution in [-0.2, 0) is 26.4 Å². The first-order valence-electron chi connectivity index (χ1n) is 8.59. The first kappa shape index (κ1) is 16.5. The third kappa shape index (κ3) is 3.86. The molecule has 0 aliphatic heterocycles. The average molecular weight is 293 g/mol. The molecule has 0 saturated heterocycles. The number of nitrogens with one attached hydrogen (secondary N) is 1. The van der Waals surface area contributed by atoms with Crippen molar-refractivity contribution in [2.75, 3.05) is 6.61 Å². The maximum atomic E-state index is 9.63. The monoisotopic (exact) mass is 293 g/mol. The summed E-state index contributed by atoms with van der Waals surface area (Å²) >= 11 is 0. The van der Waals surface area contributed by atoms with E-state index in [0.717, 1.165) is 25.8 Å². The zero-order chi connectivity index (χ0) is 15.2. The van der Waals surface area contributed by atoms with Crippen molar-refractivity contribution in [2.24, 2.45) is 13.0 Å². The largest absolute Gasteiger partial charge is 0.396 e. The summed E-state index contributed by atoms with van der Waals surface area (Å²) in [5.41, 5.74) is 3.94. The minimum absolute atomic E-state index is 0.311. The van der Waals surface area contributed by atoms with Crippen LogP contribution in [0.15, 0.2) is 0 Å². The van der Waals surface area contributed by atoms with Gasteiger partial charge in [-0.05, 0) is 31.6 Å². The van der Waals surface area contributed by atoms with Gasteiger partial charge in [-0.15, -0.1) is 0 Å². The Balaban J connectivity index is 2.07. The number of aliphatic hydroxyl groups is 1. The van der Waals surface area contributed by atoms with E-state index in [1.54, 1.807) is 0 Å². The molecule has 1 aromatic heterocycles. The van der Waals surface area contributed by atoms with Gasteiger partial charge in [-0.25, -0.2) is 0 Å². The van der Waals surface area contributed by atoms with E-state index in [-0.39, 0.29) is 0 Å². The highest BCUT2D eigenvalue weighted by Gasteiger charge is 2.23. The molecule has 0 spiro atoms. The minimum atomic E-state index is 0.311. The first-order valence-corrected chi connectivity index (χ1v) is 8.59. The van der Waals surface area contributed by atoms with Gasteiger partial charge in [0, 0.05) is 37.5 Å². The normalized spacial score (nSPS) is 23.2. The molecule has 1 saturated carbocycles. The molecular formula is C17H31N3O. The van der Waals surface area contributed by atoms with Crippen LogP contribution in [0.25, 0.3) is 0 Å². The van der Waals surface area contributed by atoms with E-state index in [4.69, 9.17) is 0 Å². The highest BCUT2D eigenvalue weighted by molar-refractivity contribution is 5.26. The second-order valence-electron chi connectivity index (χ2n) is 6.27. The average Bonchev–Trinajstić information content (AvgIpc) is 2.66. The molecule has 2 atom stereocenters. The fourth-order valence-corrected chi connectivity index (χ4v) is 3.70. The van der Waals surface area contributed by atoms with Crippen LogP contribution < -0.4 is 5.32 Å². The lowest BCUT2D eigenvalue weighted by molar-refractivity contribution is 0.181. The van der Waals surface area contributed by atoms with Crippen LogP contribution in [0, 0.1) is 5.92 Å². The lowest BCUT2D eigenvalue weighted by atomic mass is 9.95. The van der Waals surface area contributed by atoms with Gasteiger partial charge < -0.3 is 10.4 Å². The van der Waals surface area contributed by atoms with E-state index >= 15 is 0 Å². The molecular weight excluding hydrogens is 262 g/mol. The lowest BCUT2D eigenvalue weighted by Crippen LogP contribution is -2.37. The number of aromatic nitrogens is 2. The standard InChI is InChI=1S/C17H31N3O/c1-4-15-14(17(5-2)20(3)19-15)11-18-16-10-8-6-7-9-13(16)12-21/h13,16,18,21H,4-12H2,1-3H3/t13-,16-/m1/s1. The Hall–Kier alpha value is -0.870. The molecule has 0 amide bonds. The molecule has 0 radical (unpaired) electrons. The summed E-state index contributed by atoms with van der Waals surface area (Å²) in [4.78, 5) is 0. The van der Waals surface area contributed by atoms with E-state index in [2.05, 4.69) is 24.3 Å². The van der Waals surface area contributed by atoms with Crippen LogP contribution in [0.5, 0.6) is 0 Å². The summed E-state index contributed by atoms with van der Waals surface area (Å²) in [5.74, 6) is 0.416. The maximum Gasteiger partial charge on any atom is 0.0669 e. The van der Waals surface area contributed by atoms with Crippen molar-refractivity contribution in [3.8, 4) is 0 Å². The van der Waals surface area contributed by atoms with Gasteiger partial charge in [0.25, 0.3) is 0 Å². The Labute approximate surface area is 128 Å². The predicted molar refractivity (Wildman–Crippen MR) is 86.3 cm³/mol. The fraction of sp³-hybridized carbons (Fsp3) is 0.824. The molecule has 0 unspecified atom stereocenters. The number of hydrogen-bond acceptors (Lipinski definition) is 3. The molecule has 4 nitrogen and oxygen atoms in total. The summed E-state index contributed by atoms with van der Waals surface area (Å²) < 4.78 is 2.03. The van der Waals surface area contributed by atoms with E-state index in [0.29, 0.717) is 18.6 Å². The predicted octanol–water partition coefficient (Wildman–Crippen LogP) is 2.58. The van der Waals surface area contributed by atoms with E-state index in [1.165, 1.54) is 42.6 Å². The van der Waals surface area contributed by atoms with Crippen molar-refractivity contribution >= 4 is 0 Å². The topological polar surface area (TPSA) is 50.1 Å². The molecule has 1 aliphatic rings. The van der Waals surface area contributed by atoms with Crippen LogP contribution in [-0.4, -0.2) is 27.5 Å². The Bertz CT molecular complexity index is 441. The molecule has 0 bridgehead atoms. The molecule has 1 heterocycles. The molecule has 0 aromatic carbocycles. The molecule has 1 aliphatic carbocycles. The summed E-state index contributed by atoms with van der Waals surface area (Å²) in [6.45, 7) is 5.57. The van der Waals surface area contributed by atoms with Crippen molar-refractivity contribution in [1.29, 1.82) is 0 Å². The number of rotatable bonds is 6. The number of nitrogens with zero attached hydrogens (tertiary/aromatic N) is 2. The molecule has 120 valence electrons.